The van der Waals surface area contributed by atoms with Crippen molar-refractivity contribution in [3.05, 3.63) is 52.6 Å². The van der Waals surface area contributed by atoms with Gasteiger partial charge in [-0.15, -0.1) is 0 Å². The zero-order valence-corrected chi connectivity index (χ0v) is 17.3. The van der Waals surface area contributed by atoms with Crippen molar-refractivity contribution in [3.63, 3.8) is 0 Å². The van der Waals surface area contributed by atoms with Gasteiger partial charge in [0.05, 0.1) is 35.7 Å². The Bertz CT molecular complexity index is 1010. The molecule has 0 N–H and O–H groups in total. The Balaban J connectivity index is 1.82. The molecule has 3 rings (SSSR count). The average Bonchev–Trinajstić information content (AvgIpc) is 2.72. The van der Waals surface area contributed by atoms with Gasteiger partial charge >= 0.3 is 5.69 Å². The van der Waals surface area contributed by atoms with Crippen molar-refractivity contribution in [1.29, 1.82) is 0 Å². The molecule has 0 aromatic heterocycles. The van der Waals surface area contributed by atoms with Gasteiger partial charge in [-0.25, -0.2) is 8.42 Å². The highest BCUT2D eigenvalue weighted by Crippen LogP contribution is 2.34. The topological polar surface area (TPSA) is 102 Å². The van der Waals surface area contributed by atoms with Crippen LogP contribution < -0.4 is 14.4 Å². The predicted molar refractivity (Wildman–Crippen MR) is 108 cm³/mol. The number of nitrogens with zero attached hydrogens (tertiary/aromatic N) is 3. The number of fused-ring (bicyclic) bond motifs is 1. The summed E-state index contributed by atoms with van der Waals surface area (Å²) in [4.78, 5) is 12.5. The van der Waals surface area contributed by atoms with E-state index in [9.17, 15) is 18.5 Å². The molecule has 1 atom stereocenters. The standard InChI is InChI=1S/C19H23N3O6S/c1-4-21-13-14(28-19-8-6-5-7-16(19)21)12-20(2)29(25,26)15-9-10-18(27-3)17(11-15)22(23)24/h5-11,14H,4,12-13H2,1-3H3/t14-/m0/s1. The largest absolute Gasteiger partial charge is 0.490 e. The molecular weight excluding hydrogens is 398 g/mol. The zero-order valence-electron chi connectivity index (χ0n) is 16.4. The molecule has 0 radical (unpaired) electrons. The number of rotatable bonds is 7. The Labute approximate surface area is 169 Å². The first-order valence-corrected chi connectivity index (χ1v) is 10.5. The third-order valence-electron chi connectivity index (χ3n) is 4.82. The molecule has 156 valence electrons. The van der Waals surface area contributed by atoms with Crippen LogP contribution in [0.4, 0.5) is 11.4 Å². The summed E-state index contributed by atoms with van der Waals surface area (Å²) in [6, 6.07) is 11.2. The molecule has 9 nitrogen and oxygen atoms in total. The summed E-state index contributed by atoms with van der Waals surface area (Å²) >= 11 is 0. The summed E-state index contributed by atoms with van der Waals surface area (Å²) in [5.41, 5.74) is 0.574. The minimum atomic E-state index is -3.95. The van der Waals surface area contributed by atoms with Crippen LogP contribution in [0.3, 0.4) is 0 Å². The zero-order chi connectivity index (χ0) is 21.2. The summed E-state index contributed by atoms with van der Waals surface area (Å²) in [6.45, 7) is 3.43. The quantitative estimate of drug-likeness (QED) is 0.500. The monoisotopic (exact) mass is 421 g/mol. The van der Waals surface area contributed by atoms with E-state index in [1.807, 2.05) is 31.2 Å². The smallest absolute Gasteiger partial charge is 0.312 e. The number of para-hydroxylation sites is 2. The number of likely N-dealkylation sites (N-methyl/N-ethyl adjacent to an activating group) is 2. The molecule has 0 saturated heterocycles. The maximum absolute atomic E-state index is 13.0. The summed E-state index contributed by atoms with van der Waals surface area (Å²) in [5, 5.41) is 11.2. The van der Waals surface area contributed by atoms with E-state index in [0.717, 1.165) is 22.6 Å². The van der Waals surface area contributed by atoms with Crippen molar-refractivity contribution in [2.24, 2.45) is 0 Å². The Morgan fingerprint density at radius 2 is 2.03 bits per heavy atom. The summed E-state index contributed by atoms with van der Waals surface area (Å²) in [6.07, 6.45) is -0.377. The number of anilines is 1. The molecule has 0 saturated carbocycles. The average molecular weight is 421 g/mol. The van der Waals surface area contributed by atoms with E-state index < -0.39 is 20.6 Å². The maximum atomic E-state index is 13.0. The predicted octanol–water partition coefficient (Wildman–Crippen LogP) is 2.51. The van der Waals surface area contributed by atoms with Crippen LogP contribution >= 0.6 is 0 Å². The molecule has 2 aromatic carbocycles. The highest BCUT2D eigenvalue weighted by Gasteiger charge is 2.31. The van der Waals surface area contributed by atoms with Crippen molar-refractivity contribution in [1.82, 2.24) is 4.31 Å². The molecule has 0 bridgehead atoms. The Morgan fingerprint density at radius 1 is 1.31 bits per heavy atom. The van der Waals surface area contributed by atoms with E-state index in [0.29, 0.717) is 12.3 Å². The molecule has 10 heteroatoms. The van der Waals surface area contributed by atoms with Crippen molar-refractivity contribution < 1.29 is 22.8 Å². The van der Waals surface area contributed by atoms with E-state index in [1.165, 1.54) is 26.3 Å². The molecule has 0 unspecified atom stereocenters. The molecule has 29 heavy (non-hydrogen) atoms. The van der Waals surface area contributed by atoms with E-state index in [4.69, 9.17) is 9.47 Å². The lowest BCUT2D eigenvalue weighted by Crippen LogP contribution is -2.46. The number of nitro benzene ring substituents is 1. The van der Waals surface area contributed by atoms with Gasteiger partial charge in [-0.05, 0) is 31.2 Å². The van der Waals surface area contributed by atoms with Crippen LogP contribution in [-0.4, -0.2) is 57.5 Å². The molecule has 1 aliphatic heterocycles. The van der Waals surface area contributed by atoms with Crippen LogP contribution in [0.5, 0.6) is 11.5 Å². The first kappa shape index (κ1) is 20.9. The number of hydrogen-bond acceptors (Lipinski definition) is 7. The summed E-state index contributed by atoms with van der Waals surface area (Å²) < 4.78 is 38.0. The van der Waals surface area contributed by atoms with Crippen LogP contribution in [0.1, 0.15) is 6.92 Å². The van der Waals surface area contributed by atoms with Crippen molar-refractivity contribution in [2.75, 3.05) is 38.7 Å². The van der Waals surface area contributed by atoms with Gasteiger partial charge in [0.1, 0.15) is 11.9 Å². The van der Waals surface area contributed by atoms with Crippen molar-refractivity contribution >= 4 is 21.4 Å². The van der Waals surface area contributed by atoms with Crippen LogP contribution in [0.15, 0.2) is 47.4 Å². The number of benzene rings is 2. The lowest BCUT2D eigenvalue weighted by Gasteiger charge is -2.36. The van der Waals surface area contributed by atoms with Gasteiger partial charge in [-0.2, -0.15) is 4.31 Å². The fourth-order valence-electron chi connectivity index (χ4n) is 3.31. The van der Waals surface area contributed by atoms with Gasteiger partial charge in [0, 0.05) is 19.7 Å². The van der Waals surface area contributed by atoms with Gasteiger partial charge < -0.3 is 14.4 Å². The Kier molecular flexibility index (Phi) is 5.94. The Hall–Kier alpha value is -2.85. The summed E-state index contributed by atoms with van der Waals surface area (Å²) in [5.74, 6) is 0.707. The third-order valence-corrected chi connectivity index (χ3v) is 6.64. The maximum Gasteiger partial charge on any atom is 0.312 e. The highest BCUT2D eigenvalue weighted by molar-refractivity contribution is 7.89. The van der Waals surface area contributed by atoms with E-state index >= 15 is 0 Å². The van der Waals surface area contributed by atoms with Gasteiger partial charge in [-0.3, -0.25) is 10.1 Å². The van der Waals surface area contributed by atoms with Gasteiger partial charge in [0.15, 0.2) is 5.75 Å². The molecular formula is C19H23N3O6S. The molecule has 0 aliphatic carbocycles. The Morgan fingerprint density at radius 3 is 2.69 bits per heavy atom. The molecule has 0 spiro atoms. The van der Waals surface area contributed by atoms with Crippen molar-refractivity contribution in [2.45, 2.75) is 17.9 Å². The number of sulfonamides is 1. The van der Waals surface area contributed by atoms with E-state index in [1.54, 1.807) is 0 Å². The van der Waals surface area contributed by atoms with Crippen molar-refractivity contribution in [3.8, 4) is 11.5 Å². The normalized spacial score (nSPS) is 16.3. The minimum absolute atomic E-state index is 0.00223. The van der Waals surface area contributed by atoms with Crippen LogP contribution in [0, 0.1) is 10.1 Å². The number of hydrogen-bond donors (Lipinski definition) is 0. The molecule has 2 aromatic rings. The second kappa shape index (κ2) is 8.26. The van der Waals surface area contributed by atoms with Crippen LogP contribution in [0.25, 0.3) is 0 Å². The lowest BCUT2D eigenvalue weighted by molar-refractivity contribution is -0.386. The summed E-state index contributed by atoms with van der Waals surface area (Å²) in [7, 11) is -1.22. The number of nitro groups is 1. The second-order valence-electron chi connectivity index (χ2n) is 6.62. The number of methoxy groups -OCH3 is 1. The fraction of sp³-hybridized carbons (Fsp3) is 0.368. The third kappa shape index (κ3) is 4.13. The lowest BCUT2D eigenvalue weighted by atomic mass is 10.2. The van der Waals surface area contributed by atoms with E-state index in [2.05, 4.69) is 4.90 Å². The van der Waals surface area contributed by atoms with Gasteiger partial charge in [0.25, 0.3) is 0 Å². The van der Waals surface area contributed by atoms with Crippen LogP contribution in [0.2, 0.25) is 0 Å². The van der Waals surface area contributed by atoms with Crippen LogP contribution in [-0.2, 0) is 10.0 Å². The molecule has 1 aliphatic rings. The minimum Gasteiger partial charge on any atom is -0.490 e. The highest BCUT2D eigenvalue weighted by atomic mass is 32.2. The first-order valence-electron chi connectivity index (χ1n) is 9.07. The van der Waals surface area contributed by atoms with Gasteiger partial charge in [-0.1, -0.05) is 12.1 Å². The van der Waals surface area contributed by atoms with E-state index in [-0.39, 0.29) is 23.3 Å². The molecule has 1 heterocycles. The first-order chi connectivity index (χ1) is 13.8. The molecule has 0 amide bonds. The van der Waals surface area contributed by atoms with Gasteiger partial charge in [0.2, 0.25) is 10.0 Å². The SMILES string of the molecule is CCN1C[C@H](CN(C)S(=O)(=O)c2ccc(OC)c([N+](=O)[O-])c2)Oc2ccccc21. The number of ether oxygens (including phenoxy) is 2. The molecule has 0 fully saturated rings. The fourth-order valence-corrected chi connectivity index (χ4v) is 4.53. The second-order valence-corrected chi connectivity index (χ2v) is 8.67.